The van der Waals surface area contributed by atoms with E-state index in [9.17, 15) is 9.59 Å². The zero-order valence-electron chi connectivity index (χ0n) is 19.1. The van der Waals surface area contributed by atoms with Gasteiger partial charge in [0.25, 0.3) is 5.91 Å². The highest BCUT2D eigenvalue weighted by Gasteiger charge is 2.45. The number of carbonyl (C=O) groups is 2. The average molecular weight is 461 g/mol. The number of fused-ring (bicyclic) bond motifs is 1. The standard InChI is InChI=1S/C26H25FN4O3/c1-26(2)25(33)31(14-15-12-30(13-15)24(32)16-7-8-16)22(29-26)18-10-9-17(11-19(18)27)23-28-20-5-3-4-6-21(20)34-23/h3-6,9-11,15-16H,7-8,12-14H2,1-2H3. The molecule has 0 N–H and O–H groups in total. The van der Waals surface area contributed by atoms with E-state index in [1.54, 1.807) is 30.9 Å². The predicted octanol–water partition coefficient (Wildman–Crippen LogP) is 3.87. The highest BCUT2D eigenvalue weighted by Crippen LogP contribution is 2.35. The van der Waals surface area contributed by atoms with E-state index in [-0.39, 0.29) is 29.2 Å². The molecule has 0 spiro atoms. The number of amides is 2. The van der Waals surface area contributed by atoms with Crippen LogP contribution in [-0.2, 0) is 9.59 Å². The molecule has 0 radical (unpaired) electrons. The number of likely N-dealkylation sites (tertiary alicyclic amines) is 1. The van der Waals surface area contributed by atoms with Gasteiger partial charge in [0.15, 0.2) is 5.58 Å². The second-order valence-corrected chi connectivity index (χ2v) is 9.98. The number of amidine groups is 1. The van der Waals surface area contributed by atoms with E-state index in [4.69, 9.17) is 4.42 Å². The van der Waals surface area contributed by atoms with Crippen LogP contribution in [0.2, 0.25) is 0 Å². The molecule has 8 heteroatoms. The molecule has 2 fully saturated rings. The topological polar surface area (TPSA) is 79.0 Å². The average Bonchev–Trinajstić information content (AvgIpc) is 3.50. The number of benzene rings is 2. The minimum Gasteiger partial charge on any atom is -0.436 e. The molecule has 0 atom stereocenters. The Balaban J connectivity index is 1.25. The van der Waals surface area contributed by atoms with Gasteiger partial charge in [-0.05, 0) is 57.0 Å². The third-order valence-electron chi connectivity index (χ3n) is 6.80. The van der Waals surface area contributed by atoms with Crippen LogP contribution in [0.15, 0.2) is 51.9 Å². The number of hydrogen-bond acceptors (Lipinski definition) is 5. The van der Waals surface area contributed by atoms with Gasteiger partial charge in [-0.2, -0.15) is 0 Å². The maximum absolute atomic E-state index is 15.4. The van der Waals surface area contributed by atoms with E-state index in [0.717, 1.165) is 12.8 Å². The van der Waals surface area contributed by atoms with E-state index in [0.29, 0.717) is 48.0 Å². The van der Waals surface area contributed by atoms with Gasteiger partial charge in [0, 0.05) is 37.0 Å². The lowest BCUT2D eigenvalue weighted by Gasteiger charge is -2.41. The van der Waals surface area contributed by atoms with E-state index in [2.05, 4.69) is 9.98 Å². The van der Waals surface area contributed by atoms with Gasteiger partial charge in [0.1, 0.15) is 22.7 Å². The molecule has 3 aromatic rings. The van der Waals surface area contributed by atoms with Gasteiger partial charge in [-0.25, -0.2) is 9.37 Å². The largest absolute Gasteiger partial charge is 0.436 e. The number of carbonyl (C=O) groups excluding carboxylic acids is 2. The first-order chi connectivity index (χ1) is 16.3. The zero-order chi connectivity index (χ0) is 23.6. The van der Waals surface area contributed by atoms with Gasteiger partial charge in [-0.15, -0.1) is 0 Å². The molecule has 1 saturated carbocycles. The summed E-state index contributed by atoms with van der Waals surface area (Å²) in [6.45, 7) is 5.16. The molecule has 0 unspecified atom stereocenters. The van der Waals surface area contributed by atoms with Crippen molar-refractivity contribution in [2.75, 3.05) is 19.6 Å². The smallest absolute Gasteiger partial charge is 0.255 e. The Labute approximate surface area is 196 Å². The molecule has 1 aromatic heterocycles. The van der Waals surface area contributed by atoms with E-state index in [1.807, 2.05) is 29.2 Å². The van der Waals surface area contributed by atoms with Crippen molar-refractivity contribution in [3.8, 4) is 11.5 Å². The normalized spacial score (nSPS) is 20.1. The molecular weight excluding hydrogens is 435 g/mol. The Kier molecular flexibility index (Phi) is 4.62. The van der Waals surface area contributed by atoms with Gasteiger partial charge in [0.05, 0.1) is 5.56 Å². The van der Waals surface area contributed by atoms with Crippen molar-refractivity contribution < 1.29 is 18.4 Å². The summed E-state index contributed by atoms with van der Waals surface area (Å²) in [5.41, 5.74) is 1.16. The highest BCUT2D eigenvalue weighted by molar-refractivity contribution is 6.15. The summed E-state index contributed by atoms with van der Waals surface area (Å²) in [6.07, 6.45) is 1.96. The monoisotopic (exact) mass is 460 g/mol. The Morgan fingerprint density at radius 2 is 1.94 bits per heavy atom. The first kappa shape index (κ1) is 21.0. The van der Waals surface area contributed by atoms with E-state index >= 15 is 4.39 Å². The lowest BCUT2D eigenvalue weighted by Crippen LogP contribution is -2.55. The molecule has 2 aromatic carbocycles. The predicted molar refractivity (Wildman–Crippen MR) is 125 cm³/mol. The summed E-state index contributed by atoms with van der Waals surface area (Å²) in [7, 11) is 0. The van der Waals surface area contributed by atoms with Crippen molar-refractivity contribution in [2.45, 2.75) is 32.2 Å². The summed E-state index contributed by atoms with van der Waals surface area (Å²) < 4.78 is 21.1. The van der Waals surface area contributed by atoms with Crippen molar-refractivity contribution in [2.24, 2.45) is 16.8 Å². The van der Waals surface area contributed by atoms with Crippen LogP contribution in [0.4, 0.5) is 4.39 Å². The molecule has 7 nitrogen and oxygen atoms in total. The Morgan fingerprint density at radius 3 is 2.65 bits per heavy atom. The molecule has 34 heavy (non-hydrogen) atoms. The van der Waals surface area contributed by atoms with Crippen LogP contribution in [0.25, 0.3) is 22.6 Å². The van der Waals surface area contributed by atoms with Crippen molar-refractivity contribution in [3.63, 3.8) is 0 Å². The molecule has 2 amide bonds. The van der Waals surface area contributed by atoms with Crippen LogP contribution in [-0.4, -0.2) is 57.6 Å². The quantitative estimate of drug-likeness (QED) is 0.579. The van der Waals surface area contributed by atoms with Gasteiger partial charge < -0.3 is 9.32 Å². The van der Waals surface area contributed by atoms with Crippen molar-refractivity contribution in [1.82, 2.24) is 14.8 Å². The van der Waals surface area contributed by atoms with Crippen LogP contribution in [0.1, 0.15) is 32.3 Å². The number of nitrogens with zero attached hydrogens (tertiary/aromatic N) is 4. The van der Waals surface area contributed by atoms with E-state index in [1.165, 1.54) is 6.07 Å². The second-order valence-electron chi connectivity index (χ2n) is 9.98. The first-order valence-electron chi connectivity index (χ1n) is 11.7. The Morgan fingerprint density at radius 1 is 1.18 bits per heavy atom. The maximum atomic E-state index is 15.4. The van der Waals surface area contributed by atoms with Crippen molar-refractivity contribution >= 4 is 28.7 Å². The van der Waals surface area contributed by atoms with Crippen LogP contribution < -0.4 is 0 Å². The number of halogens is 1. The Bertz CT molecular complexity index is 1320. The van der Waals surface area contributed by atoms with Crippen molar-refractivity contribution in [1.29, 1.82) is 0 Å². The van der Waals surface area contributed by atoms with Gasteiger partial charge in [-0.1, -0.05) is 12.1 Å². The molecule has 0 bridgehead atoms. The molecule has 3 aliphatic rings. The van der Waals surface area contributed by atoms with Gasteiger partial charge in [0.2, 0.25) is 11.8 Å². The molecular formula is C26H25FN4O3. The number of aromatic nitrogens is 1. The van der Waals surface area contributed by atoms with Crippen LogP contribution >= 0.6 is 0 Å². The molecule has 1 aliphatic carbocycles. The summed E-state index contributed by atoms with van der Waals surface area (Å²) >= 11 is 0. The summed E-state index contributed by atoms with van der Waals surface area (Å²) in [4.78, 5) is 37.8. The lowest BCUT2D eigenvalue weighted by atomic mass is 9.97. The number of para-hydroxylation sites is 2. The number of hydrogen-bond donors (Lipinski definition) is 0. The van der Waals surface area contributed by atoms with Gasteiger partial charge in [-0.3, -0.25) is 19.5 Å². The molecule has 3 heterocycles. The summed E-state index contributed by atoms with van der Waals surface area (Å²) in [6, 6.07) is 12.1. The third-order valence-corrected chi connectivity index (χ3v) is 6.80. The van der Waals surface area contributed by atoms with Crippen LogP contribution in [0, 0.1) is 17.7 Å². The number of aliphatic imine (C=N–C) groups is 1. The highest BCUT2D eigenvalue weighted by atomic mass is 19.1. The molecule has 6 rings (SSSR count). The fraction of sp³-hybridized carbons (Fsp3) is 0.385. The third kappa shape index (κ3) is 3.48. The Hall–Kier alpha value is -3.55. The zero-order valence-corrected chi connectivity index (χ0v) is 19.1. The van der Waals surface area contributed by atoms with E-state index < -0.39 is 11.4 Å². The SMILES string of the molecule is CC1(C)N=C(c2ccc(-c3nc4ccccc4o3)cc2F)N(CC2CN(C(=O)C3CC3)C2)C1=O. The fourth-order valence-electron chi connectivity index (χ4n) is 4.71. The minimum atomic E-state index is -0.964. The lowest BCUT2D eigenvalue weighted by molar-refractivity contribution is -0.140. The van der Waals surface area contributed by atoms with Crippen molar-refractivity contribution in [3.05, 3.63) is 53.8 Å². The maximum Gasteiger partial charge on any atom is 0.255 e. The van der Waals surface area contributed by atoms with Gasteiger partial charge >= 0.3 is 0 Å². The summed E-state index contributed by atoms with van der Waals surface area (Å²) in [5.74, 6) is 0.600. The van der Waals surface area contributed by atoms with Crippen LogP contribution in [0.5, 0.6) is 0 Å². The molecule has 1 saturated heterocycles. The summed E-state index contributed by atoms with van der Waals surface area (Å²) in [5, 5.41) is 0. The number of rotatable bonds is 5. The second kappa shape index (κ2) is 7.48. The minimum absolute atomic E-state index is 0.156. The fourth-order valence-corrected chi connectivity index (χ4v) is 4.71. The van der Waals surface area contributed by atoms with Crippen LogP contribution in [0.3, 0.4) is 0 Å². The molecule has 2 aliphatic heterocycles. The number of oxazole rings is 1. The first-order valence-corrected chi connectivity index (χ1v) is 11.7. The molecule has 174 valence electrons.